The van der Waals surface area contributed by atoms with E-state index in [9.17, 15) is 31.5 Å². The van der Waals surface area contributed by atoms with Crippen LogP contribution >= 0.6 is 11.3 Å². The lowest BCUT2D eigenvalue weighted by atomic mass is 10.1. The van der Waals surface area contributed by atoms with Crippen LogP contribution in [0.5, 0.6) is 0 Å². The molecule has 5 rings (SSSR count). The monoisotopic (exact) mass is 578 g/mol. The van der Waals surface area contributed by atoms with Gasteiger partial charge in [0, 0.05) is 43.7 Å². The molecule has 204 valence electrons. The fourth-order valence-corrected chi connectivity index (χ4v) is 6.97. The summed E-state index contributed by atoms with van der Waals surface area (Å²) in [7, 11) is -2.45. The van der Waals surface area contributed by atoms with E-state index in [4.69, 9.17) is 0 Å². The normalized spacial score (nSPS) is 19.1. The van der Waals surface area contributed by atoms with Crippen LogP contribution in [0.3, 0.4) is 0 Å². The fourth-order valence-electron chi connectivity index (χ4n) is 4.31. The third-order valence-corrected chi connectivity index (χ3v) is 9.51. The predicted molar refractivity (Wildman–Crippen MR) is 136 cm³/mol. The number of anilines is 1. The molecule has 39 heavy (non-hydrogen) atoms. The number of aromatic nitrogens is 2. The zero-order valence-corrected chi connectivity index (χ0v) is 21.8. The van der Waals surface area contributed by atoms with E-state index in [-0.39, 0.29) is 21.2 Å². The van der Waals surface area contributed by atoms with Crippen molar-refractivity contribution in [1.82, 2.24) is 14.9 Å². The Morgan fingerprint density at radius 2 is 2.03 bits per heavy atom. The molecule has 0 radical (unpaired) electrons. The van der Waals surface area contributed by atoms with Gasteiger partial charge in [0.25, 0.3) is 10.0 Å². The number of alkyl halides is 3. The van der Waals surface area contributed by atoms with Gasteiger partial charge in [-0.3, -0.25) is 9.78 Å². The molecule has 1 aliphatic rings. The minimum Gasteiger partial charge on any atom is -0.480 e. The molecule has 9 nitrogen and oxygen atoms in total. The first kappa shape index (κ1) is 26.8. The van der Waals surface area contributed by atoms with Gasteiger partial charge in [-0.05, 0) is 47.9 Å². The van der Waals surface area contributed by atoms with Gasteiger partial charge >= 0.3 is 12.1 Å². The number of carboxylic acids is 1. The van der Waals surface area contributed by atoms with Gasteiger partial charge in [-0.1, -0.05) is 23.4 Å². The second-order valence-corrected chi connectivity index (χ2v) is 12.1. The van der Waals surface area contributed by atoms with Crippen molar-refractivity contribution in [3.8, 4) is 10.6 Å². The molecule has 0 bridgehead atoms. The lowest BCUT2D eigenvalue weighted by molar-refractivity contribution is -0.155. The summed E-state index contributed by atoms with van der Waals surface area (Å²) in [4.78, 5) is 18.5. The van der Waals surface area contributed by atoms with Crippen molar-refractivity contribution in [2.24, 2.45) is 0 Å². The van der Waals surface area contributed by atoms with Gasteiger partial charge in [-0.15, -0.1) is 11.3 Å². The topological polar surface area (TPSA) is 126 Å². The van der Waals surface area contributed by atoms with Crippen molar-refractivity contribution in [3.63, 3.8) is 0 Å². The molecule has 4 aromatic rings. The van der Waals surface area contributed by atoms with E-state index >= 15 is 0 Å². The van der Waals surface area contributed by atoms with Crippen molar-refractivity contribution < 1.29 is 36.0 Å². The molecular weight excluding hydrogens is 557 g/mol. The lowest BCUT2D eigenvalue weighted by Crippen LogP contribution is -2.44. The average Bonchev–Trinajstić information content (AvgIpc) is 3.24. The summed E-state index contributed by atoms with van der Waals surface area (Å²) in [5.41, 5.74) is 0.517. The van der Waals surface area contributed by atoms with Crippen LogP contribution in [-0.2, 0) is 27.5 Å². The molecule has 1 aromatic carbocycles. The molecule has 1 fully saturated rings. The summed E-state index contributed by atoms with van der Waals surface area (Å²) >= 11 is 0.656. The van der Waals surface area contributed by atoms with Crippen LogP contribution in [0.2, 0.25) is 0 Å². The highest BCUT2D eigenvalue weighted by Crippen LogP contribution is 2.53. The standard InChI is InChI=1S/C25H21F3N4O5S2/c1-32(14-15-4-3-9-29-13-15)17-6-2-5-16(10-17)18-12-24(18,23(33)34)31-39(35,36)22-8-7-20(38-22)19-11-21(37-30-19)25(26,27)28/h2-11,13,18,31H,12,14H2,1H3,(H,33,34). The summed E-state index contributed by atoms with van der Waals surface area (Å²) < 4.78 is 71.2. The summed E-state index contributed by atoms with van der Waals surface area (Å²) in [5.74, 6) is -3.26. The number of hydrogen-bond donors (Lipinski definition) is 2. The Labute approximate surface area is 224 Å². The van der Waals surface area contributed by atoms with Crippen LogP contribution in [0.25, 0.3) is 10.6 Å². The number of nitrogens with zero attached hydrogens (tertiary/aromatic N) is 3. The van der Waals surface area contributed by atoms with E-state index in [0.29, 0.717) is 29.5 Å². The van der Waals surface area contributed by atoms with E-state index in [1.807, 2.05) is 36.2 Å². The number of pyridine rings is 1. The Hall–Kier alpha value is -3.75. The number of halogens is 3. The van der Waals surface area contributed by atoms with E-state index in [0.717, 1.165) is 11.3 Å². The van der Waals surface area contributed by atoms with Gasteiger partial charge in [0.15, 0.2) is 0 Å². The lowest BCUT2D eigenvalue weighted by Gasteiger charge is -2.20. The average molecular weight is 579 g/mol. The van der Waals surface area contributed by atoms with E-state index in [1.54, 1.807) is 24.5 Å². The maximum Gasteiger partial charge on any atom is 0.452 e. The maximum absolute atomic E-state index is 13.2. The predicted octanol–water partition coefficient (Wildman–Crippen LogP) is 4.74. The van der Waals surface area contributed by atoms with Crippen molar-refractivity contribution >= 4 is 33.0 Å². The van der Waals surface area contributed by atoms with Crippen molar-refractivity contribution in [1.29, 1.82) is 0 Å². The first-order valence-corrected chi connectivity index (χ1v) is 13.8. The molecule has 0 saturated heterocycles. The molecule has 1 aliphatic carbocycles. The van der Waals surface area contributed by atoms with Gasteiger partial charge in [-0.2, -0.15) is 17.9 Å². The third-order valence-electron chi connectivity index (χ3n) is 6.40. The zero-order valence-electron chi connectivity index (χ0n) is 20.2. The molecule has 0 amide bonds. The highest BCUT2D eigenvalue weighted by atomic mass is 32.2. The second kappa shape index (κ2) is 9.77. The number of aliphatic carboxylic acids is 1. The van der Waals surface area contributed by atoms with Crippen LogP contribution in [0.15, 0.2) is 75.7 Å². The quantitative estimate of drug-likeness (QED) is 0.292. The largest absolute Gasteiger partial charge is 0.480 e. The van der Waals surface area contributed by atoms with E-state index in [2.05, 4.69) is 19.4 Å². The Morgan fingerprint density at radius 1 is 1.23 bits per heavy atom. The van der Waals surface area contributed by atoms with Crippen molar-refractivity contribution in [2.45, 2.75) is 34.8 Å². The summed E-state index contributed by atoms with van der Waals surface area (Å²) in [5, 5.41) is 13.4. The van der Waals surface area contributed by atoms with E-state index in [1.165, 1.54) is 12.1 Å². The Bertz CT molecular complexity index is 1620. The molecule has 3 aromatic heterocycles. The minimum atomic E-state index is -4.74. The van der Waals surface area contributed by atoms with Crippen LogP contribution in [-0.4, -0.2) is 42.2 Å². The molecular formula is C25H21F3N4O5S2. The number of rotatable bonds is 9. The number of nitrogens with one attached hydrogen (secondary N) is 1. The van der Waals surface area contributed by atoms with Gasteiger partial charge in [0.1, 0.15) is 15.4 Å². The Morgan fingerprint density at radius 3 is 2.69 bits per heavy atom. The second-order valence-electron chi connectivity index (χ2n) is 9.14. The van der Waals surface area contributed by atoms with E-state index < -0.39 is 39.4 Å². The van der Waals surface area contributed by atoms with Gasteiger partial charge < -0.3 is 14.5 Å². The molecule has 2 unspecified atom stereocenters. The van der Waals surface area contributed by atoms with Gasteiger partial charge in [-0.25, -0.2) is 8.42 Å². The molecule has 1 saturated carbocycles. The fraction of sp³-hybridized carbons (Fsp3) is 0.240. The minimum absolute atomic E-state index is 0.0355. The first-order valence-electron chi connectivity index (χ1n) is 11.5. The van der Waals surface area contributed by atoms with Crippen LogP contribution in [0.4, 0.5) is 18.9 Å². The molecule has 0 aliphatic heterocycles. The highest BCUT2D eigenvalue weighted by Gasteiger charge is 2.63. The van der Waals surface area contributed by atoms with Crippen LogP contribution < -0.4 is 9.62 Å². The number of carboxylic acid groups (broad SMARTS) is 1. The van der Waals surface area contributed by atoms with Crippen LogP contribution in [0.1, 0.15) is 29.2 Å². The van der Waals surface area contributed by atoms with Gasteiger partial charge in [0.2, 0.25) is 5.76 Å². The smallest absolute Gasteiger partial charge is 0.452 e. The molecule has 14 heteroatoms. The summed E-state index contributed by atoms with van der Waals surface area (Å²) in [6, 6.07) is 14.1. The van der Waals surface area contributed by atoms with Crippen molar-refractivity contribution in [2.75, 3.05) is 11.9 Å². The summed E-state index contributed by atoms with van der Waals surface area (Å²) in [6.07, 6.45) is -1.27. The molecule has 3 heterocycles. The van der Waals surface area contributed by atoms with Crippen LogP contribution in [0, 0.1) is 0 Å². The zero-order chi connectivity index (χ0) is 28.0. The first-order chi connectivity index (χ1) is 18.4. The molecule has 2 N–H and O–H groups in total. The number of sulfonamides is 1. The molecule has 0 spiro atoms. The number of hydrogen-bond acceptors (Lipinski definition) is 8. The number of carbonyl (C=O) groups is 1. The third kappa shape index (κ3) is 5.40. The SMILES string of the molecule is CN(Cc1cccnc1)c1cccc(C2CC2(NS(=O)(=O)c2ccc(-c3cc(C(F)(F)F)on3)s2)C(=O)O)c1. The molecule has 2 atom stereocenters. The Balaban J connectivity index is 1.35. The maximum atomic E-state index is 13.2. The number of benzene rings is 1. The van der Waals surface area contributed by atoms with Crippen molar-refractivity contribution in [3.05, 3.63) is 83.9 Å². The Kier molecular flexibility index (Phi) is 6.73. The summed E-state index contributed by atoms with van der Waals surface area (Å²) in [6.45, 7) is 0.565. The highest BCUT2D eigenvalue weighted by molar-refractivity contribution is 7.91. The van der Waals surface area contributed by atoms with Gasteiger partial charge in [0.05, 0.1) is 4.88 Å². The number of thiophene rings is 1.